The van der Waals surface area contributed by atoms with E-state index >= 15 is 0 Å². The van der Waals surface area contributed by atoms with Crippen molar-refractivity contribution in [2.75, 3.05) is 4.90 Å². The van der Waals surface area contributed by atoms with Crippen LogP contribution in [0, 0.1) is 25.2 Å². The van der Waals surface area contributed by atoms with Gasteiger partial charge in [-0.2, -0.15) is 5.26 Å². The third kappa shape index (κ3) is 4.67. The zero-order valence-electron chi connectivity index (χ0n) is 21.2. The van der Waals surface area contributed by atoms with Gasteiger partial charge in [-0.05, 0) is 79.3 Å². The minimum Gasteiger partial charge on any atom is -0.487 e. The Labute approximate surface area is 232 Å². The molecule has 2 N–H and O–H groups in total. The van der Waals surface area contributed by atoms with E-state index < -0.39 is 5.92 Å². The molecule has 3 aromatic carbocycles. The van der Waals surface area contributed by atoms with Gasteiger partial charge in [-0.3, -0.25) is 9.69 Å². The largest absolute Gasteiger partial charge is 0.487 e. The standard InChI is InChI=1S/C31H27Cl2N3O2/c1-18-13-19(2)23(14-20(18)17-38-28-12-4-3-9-25(28)33)29-24(16-34)31(35)36(22-8-5-7-21(32)15-22)26-10-6-11-27(37)30(26)29/h3-5,7-9,12-15,29H,6,10-11,17,35H2,1-2H3. The fourth-order valence-corrected chi connectivity index (χ4v) is 5.78. The lowest BCUT2D eigenvalue weighted by molar-refractivity contribution is -0.116. The van der Waals surface area contributed by atoms with E-state index in [4.69, 9.17) is 33.7 Å². The van der Waals surface area contributed by atoms with Gasteiger partial charge in [0.05, 0.1) is 22.6 Å². The number of carbonyl (C=O) groups excluding carboxylic acids is 1. The second-order valence-electron chi connectivity index (χ2n) is 9.65. The fourth-order valence-electron chi connectivity index (χ4n) is 5.41. The number of ketones is 1. The lowest BCUT2D eigenvalue weighted by Crippen LogP contribution is -2.39. The predicted molar refractivity (Wildman–Crippen MR) is 151 cm³/mol. The molecule has 5 nitrogen and oxygen atoms in total. The Morgan fingerprint density at radius 2 is 1.84 bits per heavy atom. The molecule has 0 spiro atoms. The van der Waals surface area contributed by atoms with Crippen molar-refractivity contribution >= 4 is 34.7 Å². The Balaban J connectivity index is 1.64. The topological polar surface area (TPSA) is 79.4 Å². The molecule has 0 bridgehead atoms. The summed E-state index contributed by atoms with van der Waals surface area (Å²) in [5.74, 6) is 0.400. The second kappa shape index (κ2) is 10.6. The highest BCUT2D eigenvalue weighted by Gasteiger charge is 2.41. The first-order chi connectivity index (χ1) is 18.3. The average molecular weight is 544 g/mol. The normalized spacial score (nSPS) is 17.4. The number of hydrogen-bond donors (Lipinski definition) is 1. The number of allylic oxidation sites excluding steroid dienone is 3. The van der Waals surface area contributed by atoms with Crippen LogP contribution >= 0.6 is 23.2 Å². The van der Waals surface area contributed by atoms with Crippen LogP contribution in [0.2, 0.25) is 10.0 Å². The van der Waals surface area contributed by atoms with Crippen molar-refractivity contribution in [3.8, 4) is 11.8 Å². The molecule has 1 unspecified atom stereocenters. The quantitative estimate of drug-likeness (QED) is 0.360. The predicted octanol–water partition coefficient (Wildman–Crippen LogP) is 7.49. The third-order valence-electron chi connectivity index (χ3n) is 7.24. The fraction of sp³-hybridized carbons (Fsp3) is 0.226. The van der Waals surface area contributed by atoms with E-state index in [1.54, 1.807) is 18.2 Å². The first kappa shape index (κ1) is 25.9. The molecule has 7 heteroatoms. The number of anilines is 1. The molecule has 1 aliphatic heterocycles. The first-order valence-corrected chi connectivity index (χ1v) is 13.2. The number of nitrogens with zero attached hydrogens (tertiary/aromatic N) is 2. The van der Waals surface area contributed by atoms with Gasteiger partial charge >= 0.3 is 0 Å². The SMILES string of the molecule is Cc1cc(C)c(C2C(C#N)=C(N)N(c3cccc(Cl)c3)C3=C2C(=O)CCC3)cc1COc1ccccc1Cl. The van der Waals surface area contributed by atoms with Gasteiger partial charge in [0, 0.05) is 28.4 Å². The van der Waals surface area contributed by atoms with Crippen molar-refractivity contribution in [1.82, 2.24) is 0 Å². The highest BCUT2D eigenvalue weighted by atomic mass is 35.5. The van der Waals surface area contributed by atoms with E-state index in [1.165, 1.54) is 0 Å². The van der Waals surface area contributed by atoms with Crippen LogP contribution in [-0.2, 0) is 11.4 Å². The van der Waals surface area contributed by atoms with Gasteiger partial charge in [0.2, 0.25) is 0 Å². The molecule has 0 radical (unpaired) electrons. The molecule has 0 saturated carbocycles. The molecule has 192 valence electrons. The lowest BCUT2D eigenvalue weighted by Gasteiger charge is -2.40. The van der Waals surface area contributed by atoms with Gasteiger partial charge in [0.25, 0.3) is 0 Å². The smallest absolute Gasteiger partial charge is 0.161 e. The summed E-state index contributed by atoms with van der Waals surface area (Å²) in [5.41, 5.74) is 13.1. The van der Waals surface area contributed by atoms with Crippen molar-refractivity contribution in [2.24, 2.45) is 5.73 Å². The summed E-state index contributed by atoms with van der Waals surface area (Å²) in [6.45, 7) is 4.32. The molecule has 2 aliphatic rings. The van der Waals surface area contributed by atoms with Crippen molar-refractivity contribution in [2.45, 2.75) is 45.6 Å². The van der Waals surface area contributed by atoms with Crippen molar-refractivity contribution in [3.63, 3.8) is 0 Å². The first-order valence-electron chi connectivity index (χ1n) is 12.5. The summed E-state index contributed by atoms with van der Waals surface area (Å²) in [5, 5.41) is 11.5. The van der Waals surface area contributed by atoms with Gasteiger partial charge in [-0.15, -0.1) is 0 Å². The monoisotopic (exact) mass is 543 g/mol. The molecule has 1 atom stereocenters. The van der Waals surface area contributed by atoms with E-state index in [2.05, 4.69) is 12.1 Å². The summed E-state index contributed by atoms with van der Waals surface area (Å²) >= 11 is 12.6. The molecule has 1 heterocycles. The van der Waals surface area contributed by atoms with Crippen molar-refractivity contribution in [3.05, 3.63) is 116 Å². The van der Waals surface area contributed by atoms with Crippen molar-refractivity contribution in [1.29, 1.82) is 5.26 Å². The summed E-state index contributed by atoms with van der Waals surface area (Å²) < 4.78 is 6.04. The summed E-state index contributed by atoms with van der Waals surface area (Å²) in [6.07, 6.45) is 1.84. The number of nitrogens with two attached hydrogens (primary N) is 1. The highest BCUT2D eigenvalue weighted by molar-refractivity contribution is 6.32. The number of aryl methyl sites for hydroxylation is 2. The van der Waals surface area contributed by atoms with Crippen LogP contribution in [-0.4, -0.2) is 5.78 Å². The molecular formula is C31H27Cl2N3O2. The van der Waals surface area contributed by atoms with Crippen LogP contribution < -0.4 is 15.4 Å². The number of rotatable bonds is 5. The Kier molecular flexibility index (Phi) is 7.21. The Morgan fingerprint density at radius 3 is 2.58 bits per heavy atom. The molecule has 5 rings (SSSR count). The minimum absolute atomic E-state index is 0.0392. The Morgan fingerprint density at radius 1 is 1.05 bits per heavy atom. The maximum Gasteiger partial charge on any atom is 0.161 e. The molecule has 1 aliphatic carbocycles. The number of carbonyl (C=O) groups is 1. The minimum atomic E-state index is -0.558. The number of ether oxygens (including phenoxy) is 1. The van der Waals surface area contributed by atoms with Gasteiger partial charge in [0.1, 0.15) is 18.2 Å². The van der Waals surface area contributed by atoms with Gasteiger partial charge in [-0.25, -0.2) is 0 Å². The Hall–Kier alpha value is -3.72. The number of Topliss-reactive ketones (excluding diaryl/α,β-unsaturated/α-hetero) is 1. The van der Waals surface area contributed by atoms with Gasteiger partial charge in [0.15, 0.2) is 5.78 Å². The van der Waals surface area contributed by atoms with Crippen LogP contribution in [0.25, 0.3) is 0 Å². The number of para-hydroxylation sites is 1. The molecule has 38 heavy (non-hydrogen) atoms. The van der Waals surface area contributed by atoms with Gasteiger partial charge < -0.3 is 10.5 Å². The Bertz CT molecular complexity index is 1550. The maximum atomic E-state index is 13.5. The zero-order valence-corrected chi connectivity index (χ0v) is 22.7. The molecule has 0 fully saturated rings. The highest BCUT2D eigenvalue weighted by Crippen LogP contribution is 2.47. The van der Waals surface area contributed by atoms with Crippen molar-refractivity contribution < 1.29 is 9.53 Å². The summed E-state index contributed by atoms with van der Waals surface area (Å²) in [7, 11) is 0. The van der Waals surface area contributed by atoms with Crippen LogP contribution in [0.3, 0.4) is 0 Å². The number of nitriles is 1. The number of benzene rings is 3. The summed E-state index contributed by atoms with van der Waals surface area (Å²) in [6, 6.07) is 21.1. The van der Waals surface area contributed by atoms with E-state index in [1.807, 2.05) is 55.1 Å². The third-order valence-corrected chi connectivity index (χ3v) is 7.78. The number of halogens is 2. The second-order valence-corrected chi connectivity index (χ2v) is 10.5. The molecular weight excluding hydrogens is 517 g/mol. The summed E-state index contributed by atoms with van der Waals surface area (Å²) in [4.78, 5) is 15.3. The maximum absolute atomic E-state index is 13.5. The van der Waals surface area contributed by atoms with Crippen LogP contribution in [0.4, 0.5) is 5.69 Å². The van der Waals surface area contributed by atoms with E-state index in [0.29, 0.717) is 52.2 Å². The van der Waals surface area contributed by atoms with Crippen LogP contribution in [0.5, 0.6) is 5.75 Å². The van der Waals surface area contributed by atoms with Crippen LogP contribution in [0.15, 0.2) is 83.3 Å². The van der Waals surface area contributed by atoms with Gasteiger partial charge in [-0.1, -0.05) is 53.5 Å². The zero-order chi connectivity index (χ0) is 27.0. The lowest BCUT2D eigenvalue weighted by atomic mass is 9.74. The van der Waals surface area contributed by atoms with E-state index in [-0.39, 0.29) is 5.78 Å². The average Bonchev–Trinajstić information content (AvgIpc) is 2.89. The number of hydrogen-bond acceptors (Lipinski definition) is 5. The van der Waals surface area contributed by atoms with E-state index in [0.717, 1.165) is 40.1 Å². The molecule has 0 aromatic heterocycles. The molecule has 0 amide bonds. The van der Waals surface area contributed by atoms with Crippen LogP contribution in [0.1, 0.15) is 47.4 Å². The molecule has 0 saturated heterocycles. The molecule has 3 aromatic rings. The van der Waals surface area contributed by atoms with E-state index in [9.17, 15) is 10.1 Å².